The molecular formula is C27H28BrNO6. The monoisotopic (exact) mass is 541 g/mol. The zero-order valence-electron chi connectivity index (χ0n) is 20.0. The number of rotatable bonds is 7. The van der Waals surface area contributed by atoms with E-state index < -0.39 is 17.8 Å². The molecule has 2 atom stereocenters. The molecule has 2 aromatic carbocycles. The summed E-state index contributed by atoms with van der Waals surface area (Å²) in [5.41, 5.74) is 3.17. The third-order valence-electron chi connectivity index (χ3n) is 6.37. The SMILES string of the molecule is CCOc1cc([C@@H]2C(C(=O)OCc3ccc(OC)cc3)=C(C)N=C3CCCC(=O)C32)cc(Br)c1O. The summed E-state index contributed by atoms with van der Waals surface area (Å²) in [7, 11) is 1.59. The number of aromatic hydroxyl groups is 1. The van der Waals surface area contributed by atoms with Crippen LogP contribution in [0, 0.1) is 5.92 Å². The summed E-state index contributed by atoms with van der Waals surface area (Å²) in [6.45, 7) is 4.03. The topological polar surface area (TPSA) is 94.4 Å². The van der Waals surface area contributed by atoms with Crippen molar-refractivity contribution in [1.29, 1.82) is 0 Å². The third-order valence-corrected chi connectivity index (χ3v) is 6.97. The maximum Gasteiger partial charge on any atom is 0.336 e. The number of phenols is 1. The Labute approximate surface area is 212 Å². The average molecular weight is 542 g/mol. The van der Waals surface area contributed by atoms with E-state index in [0.717, 1.165) is 17.7 Å². The highest BCUT2D eigenvalue weighted by Crippen LogP contribution is 2.46. The molecule has 1 N–H and O–H groups in total. The van der Waals surface area contributed by atoms with Crippen molar-refractivity contribution in [2.75, 3.05) is 13.7 Å². The van der Waals surface area contributed by atoms with Crippen molar-refractivity contribution in [2.45, 2.75) is 45.6 Å². The summed E-state index contributed by atoms with van der Waals surface area (Å²) in [4.78, 5) is 31.3. The minimum absolute atomic E-state index is 0.0281. The number of phenolic OH excluding ortho intramolecular Hbond substituents is 1. The molecule has 2 aromatic rings. The molecule has 0 bridgehead atoms. The molecule has 1 fully saturated rings. The summed E-state index contributed by atoms with van der Waals surface area (Å²) in [6.07, 6.45) is 1.88. The molecule has 2 aliphatic rings. The van der Waals surface area contributed by atoms with Crippen LogP contribution in [-0.2, 0) is 20.9 Å². The van der Waals surface area contributed by atoms with E-state index in [2.05, 4.69) is 20.9 Å². The first-order valence-corrected chi connectivity index (χ1v) is 12.4. The highest BCUT2D eigenvalue weighted by Gasteiger charge is 2.44. The van der Waals surface area contributed by atoms with Gasteiger partial charge in [-0.3, -0.25) is 9.79 Å². The lowest BCUT2D eigenvalue weighted by Crippen LogP contribution is -2.39. The number of nitrogens with zero attached hydrogens (tertiary/aromatic N) is 1. The van der Waals surface area contributed by atoms with Crippen LogP contribution < -0.4 is 9.47 Å². The van der Waals surface area contributed by atoms with E-state index in [-0.39, 0.29) is 23.9 Å². The number of hydrogen-bond donors (Lipinski definition) is 1. The fraction of sp³-hybridized carbons (Fsp3) is 0.370. The fourth-order valence-electron chi connectivity index (χ4n) is 4.73. The molecule has 1 unspecified atom stereocenters. The van der Waals surface area contributed by atoms with Gasteiger partial charge in [0.2, 0.25) is 0 Å². The van der Waals surface area contributed by atoms with Gasteiger partial charge in [-0.25, -0.2) is 4.79 Å². The summed E-state index contributed by atoms with van der Waals surface area (Å²) < 4.78 is 16.9. The summed E-state index contributed by atoms with van der Waals surface area (Å²) >= 11 is 3.39. The van der Waals surface area contributed by atoms with Crippen molar-refractivity contribution < 1.29 is 28.9 Å². The Morgan fingerprint density at radius 3 is 2.60 bits per heavy atom. The second-order valence-electron chi connectivity index (χ2n) is 8.58. The van der Waals surface area contributed by atoms with Gasteiger partial charge in [0.1, 0.15) is 18.1 Å². The molecule has 0 saturated heterocycles. The molecule has 184 valence electrons. The molecule has 1 heterocycles. The molecule has 4 rings (SSSR count). The summed E-state index contributed by atoms with van der Waals surface area (Å²) in [5.74, 6) is -0.641. The number of ketones is 1. The first kappa shape index (κ1) is 25.0. The number of fused-ring (bicyclic) bond motifs is 1. The van der Waals surface area contributed by atoms with E-state index in [0.29, 0.717) is 46.5 Å². The van der Waals surface area contributed by atoms with E-state index in [1.54, 1.807) is 38.3 Å². The Bertz CT molecular complexity index is 1200. The molecule has 0 aromatic heterocycles. The van der Waals surface area contributed by atoms with Gasteiger partial charge in [-0.1, -0.05) is 12.1 Å². The van der Waals surface area contributed by atoms with Crippen LogP contribution in [-0.4, -0.2) is 36.3 Å². The molecule has 8 heteroatoms. The number of carbonyl (C=O) groups is 2. The zero-order valence-corrected chi connectivity index (χ0v) is 21.6. The summed E-state index contributed by atoms with van der Waals surface area (Å²) in [6, 6.07) is 10.7. The third kappa shape index (κ3) is 5.12. The number of carbonyl (C=O) groups excluding carboxylic acids is 2. The Balaban J connectivity index is 1.73. The van der Waals surface area contributed by atoms with Gasteiger partial charge < -0.3 is 19.3 Å². The minimum atomic E-state index is -0.588. The number of aliphatic imine (C=N–C) groups is 1. The van der Waals surface area contributed by atoms with Gasteiger partial charge in [0.05, 0.1) is 29.7 Å². The molecule has 0 spiro atoms. The van der Waals surface area contributed by atoms with Gasteiger partial charge in [0.25, 0.3) is 0 Å². The van der Waals surface area contributed by atoms with E-state index in [1.807, 2.05) is 19.1 Å². The zero-order chi connectivity index (χ0) is 25.1. The Morgan fingerprint density at radius 1 is 1.17 bits per heavy atom. The van der Waals surface area contributed by atoms with Crippen LogP contribution in [0.25, 0.3) is 0 Å². The van der Waals surface area contributed by atoms with Crippen LogP contribution in [0.4, 0.5) is 0 Å². The van der Waals surface area contributed by atoms with Gasteiger partial charge in [-0.2, -0.15) is 0 Å². The number of allylic oxidation sites excluding steroid dienone is 1. The highest BCUT2D eigenvalue weighted by atomic mass is 79.9. The van der Waals surface area contributed by atoms with Gasteiger partial charge in [-0.15, -0.1) is 0 Å². The van der Waals surface area contributed by atoms with Gasteiger partial charge >= 0.3 is 5.97 Å². The lowest BCUT2D eigenvalue weighted by Gasteiger charge is -2.35. The normalized spacial score (nSPS) is 19.7. The number of ether oxygens (including phenoxy) is 3. The first-order chi connectivity index (χ1) is 16.8. The molecule has 1 aliphatic heterocycles. The molecule has 0 amide bonds. The number of hydrogen-bond acceptors (Lipinski definition) is 7. The standard InChI is InChI=1S/C27H28BrNO6/c1-4-34-22-13-17(12-19(28)26(22)31)24-23(15(2)29-20-6-5-7-21(30)25(20)24)27(32)35-14-16-8-10-18(33-3)11-9-16/h8-13,24-25,31H,4-7,14H2,1-3H3/t24-,25?/m1/s1. The predicted molar refractivity (Wildman–Crippen MR) is 135 cm³/mol. The van der Waals surface area contributed by atoms with Crippen molar-refractivity contribution in [3.8, 4) is 17.2 Å². The Hall–Kier alpha value is -3.13. The van der Waals surface area contributed by atoms with Crippen molar-refractivity contribution in [1.82, 2.24) is 0 Å². The average Bonchev–Trinajstić information content (AvgIpc) is 2.85. The van der Waals surface area contributed by atoms with Crippen LogP contribution in [0.3, 0.4) is 0 Å². The maximum absolute atomic E-state index is 13.5. The lowest BCUT2D eigenvalue weighted by molar-refractivity contribution is -0.140. The second kappa shape index (κ2) is 10.6. The molecular weight excluding hydrogens is 514 g/mol. The fourth-order valence-corrected chi connectivity index (χ4v) is 5.19. The molecule has 7 nitrogen and oxygen atoms in total. The Kier molecular flexibility index (Phi) is 7.60. The number of esters is 1. The van der Waals surface area contributed by atoms with Crippen LogP contribution in [0.15, 0.2) is 57.1 Å². The van der Waals surface area contributed by atoms with Crippen molar-refractivity contribution in [3.63, 3.8) is 0 Å². The number of methoxy groups -OCH3 is 1. The smallest absolute Gasteiger partial charge is 0.336 e. The lowest BCUT2D eigenvalue weighted by atomic mass is 9.69. The van der Waals surface area contributed by atoms with E-state index in [9.17, 15) is 14.7 Å². The number of benzene rings is 2. The molecule has 35 heavy (non-hydrogen) atoms. The first-order valence-electron chi connectivity index (χ1n) is 11.6. The largest absolute Gasteiger partial charge is 0.503 e. The molecule has 1 aliphatic carbocycles. The minimum Gasteiger partial charge on any atom is -0.503 e. The summed E-state index contributed by atoms with van der Waals surface area (Å²) in [5, 5.41) is 10.4. The van der Waals surface area contributed by atoms with Crippen LogP contribution in [0.5, 0.6) is 17.2 Å². The van der Waals surface area contributed by atoms with Crippen molar-refractivity contribution in [3.05, 3.63) is 63.3 Å². The van der Waals surface area contributed by atoms with Crippen LogP contribution >= 0.6 is 15.9 Å². The van der Waals surface area contributed by atoms with Gasteiger partial charge in [0, 0.05) is 23.7 Å². The van der Waals surface area contributed by atoms with Crippen molar-refractivity contribution >= 4 is 33.4 Å². The van der Waals surface area contributed by atoms with Gasteiger partial charge in [0.15, 0.2) is 11.5 Å². The van der Waals surface area contributed by atoms with E-state index in [1.165, 1.54) is 0 Å². The molecule has 0 radical (unpaired) electrons. The van der Waals surface area contributed by atoms with Crippen LogP contribution in [0.1, 0.15) is 50.2 Å². The quantitative estimate of drug-likeness (QED) is 0.466. The van der Waals surface area contributed by atoms with Crippen molar-refractivity contribution in [2.24, 2.45) is 10.9 Å². The van der Waals surface area contributed by atoms with E-state index >= 15 is 0 Å². The second-order valence-corrected chi connectivity index (χ2v) is 9.44. The molecule has 1 saturated carbocycles. The highest BCUT2D eigenvalue weighted by molar-refractivity contribution is 9.10. The number of halogens is 1. The number of Topliss-reactive ketones (excluding diaryl/α,β-unsaturated/α-hetero) is 1. The van der Waals surface area contributed by atoms with Crippen LogP contribution in [0.2, 0.25) is 0 Å². The maximum atomic E-state index is 13.5. The Morgan fingerprint density at radius 2 is 1.91 bits per heavy atom. The van der Waals surface area contributed by atoms with Gasteiger partial charge in [-0.05, 0) is 78.0 Å². The predicted octanol–water partition coefficient (Wildman–Crippen LogP) is 5.49. The van der Waals surface area contributed by atoms with E-state index in [4.69, 9.17) is 14.2 Å².